The lowest BCUT2D eigenvalue weighted by Gasteiger charge is -2.00. The van der Waals surface area contributed by atoms with Crippen LogP contribution in [0.2, 0.25) is 0 Å². The number of hydrogen-bond donors (Lipinski definition) is 0. The van der Waals surface area contributed by atoms with Gasteiger partial charge in [0.25, 0.3) is 0 Å². The fourth-order valence-electron chi connectivity index (χ4n) is 2.46. The molecule has 2 heteroatoms. The van der Waals surface area contributed by atoms with Crippen molar-refractivity contribution in [1.82, 2.24) is 0 Å². The topological polar surface area (TPSA) is 11.3 Å². The summed E-state index contributed by atoms with van der Waals surface area (Å²) < 4.78 is 6.14. The second kappa shape index (κ2) is 7.24. The third-order valence-electron chi connectivity index (χ3n) is 3.57. The van der Waals surface area contributed by atoms with E-state index < -0.39 is 0 Å². The van der Waals surface area contributed by atoms with Gasteiger partial charge in [0.15, 0.2) is 0 Å². The van der Waals surface area contributed by atoms with Gasteiger partial charge in [0.1, 0.15) is 0 Å². The van der Waals surface area contributed by atoms with Gasteiger partial charge in [-0.25, -0.2) is 4.42 Å². The normalized spacial score (nSPS) is 10.6. The number of hydrogen-bond acceptors (Lipinski definition) is 0. The quantitative estimate of drug-likeness (QED) is 0.411. The van der Waals surface area contributed by atoms with Crippen molar-refractivity contribution < 1.29 is 4.42 Å². The fraction of sp³-hybridized carbons (Fsp3) is 0.150. The first kappa shape index (κ1) is 14.8. The van der Waals surface area contributed by atoms with Crippen molar-refractivity contribution >= 4 is 11.6 Å². The smallest absolute Gasteiger partial charge is 0.207 e. The molecule has 0 aliphatic carbocycles. The van der Waals surface area contributed by atoms with Gasteiger partial charge >= 0.3 is 11.5 Å². The van der Waals surface area contributed by atoms with E-state index in [-0.39, 0.29) is 0 Å². The zero-order valence-corrected chi connectivity index (χ0v) is 13.1. The van der Waals surface area contributed by atoms with E-state index in [0.717, 1.165) is 35.5 Å². The number of alkyl halides is 1. The van der Waals surface area contributed by atoms with E-state index in [1.807, 2.05) is 36.4 Å². The zero-order valence-electron chi connectivity index (χ0n) is 12.3. The molecule has 3 rings (SSSR count). The number of rotatable bonds is 5. The Balaban J connectivity index is 2.06. The molecule has 1 nitrogen and oxygen atoms in total. The van der Waals surface area contributed by atoms with Crippen LogP contribution in [0.4, 0.5) is 0 Å². The number of aryl methyl sites for hydroxylation is 1. The monoisotopic (exact) mass is 309 g/mol. The lowest BCUT2D eigenvalue weighted by Crippen LogP contribution is -1.90. The van der Waals surface area contributed by atoms with Crippen LogP contribution in [0.25, 0.3) is 22.6 Å². The molecule has 0 aliphatic heterocycles. The first-order valence-corrected chi connectivity index (χ1v) is 8.04. The molecule has 2 aromatic carbocycles. The highest BCUT2D eigenvalue weighted by molar-refractivity contribution is 6.17. The lowest BCUT2D eigenvalue weighted by molar-refractivity contribution is 0.579. The van der Waals surface area contributed by atoms with Crippen LogP contribution in [0.1, 0.15) is 12.0 Å². The molecule has 1 heterocycles. The van der Waals surface area contributed by atoms with Gasteiger partial charge in [-0.3, -0.25) is 0 Å². The van der Waals surface area contributed by atoms with Crippen LogP contribution >= 0.6 is 11.6 Å². The van der Waals surface area contributed by atoms with Gasteiger partial charge in [-0.15, -0.1) is 11.6 Å². The largest absolute Gasteiger partial charge is 0.361 e. The SMILES string of the molecule is ClCCCc1cc(-c2ccccc2)[o+]c(-c2ccccc2)c1. The Kier molecular flexibility index (Phi) is 4.87. The molecular weight excluding hydrogens is 292 g/mol. The Morgan fingerprint density at radius 3 is 1.68 bits per heavy atom. The molecule has 0 N–H and O–H groups in total. The summed E-state index contributed by atoms with van der Waals surface area (Å²) in [6.45, 7) is 0. The van der Waals surface area contributed by atoms with E-state index in [0.29, 0.717) is 5.88 Å². The molecule has 0 saturated heterocycles. The van der Waals surface area contributed by atoms with E-state index in [1.54, 1.807) is 0 Å². The Hall–Kier alpha value is -2.12. The summed E-state index contributed by atoms with van der Waals surface area (Å²) in [6, 6.07) is 24.6. The van der Waals surface area contributed by atoms with Gasteiger partial charge in [-0.05, 0) is 42.7 Å². The Bertz CT molecular complexity index is 665. The molecule has 0 amide bonds. The van der Waals surface area contributed by atoms with Crippen LogP contribution in [-0.4, -0.2) is 5.88 Å². The van der Waals surface area contributed by atoms with Gasteiger partial charge in [0, 0.05) is 18.0 Å². The molecule has 0 aliphatic rings. The predicted molar refractivity (Wildman–Crippen MR) is 93.0 cm³/mol. The van der Waals surface area contributed by atoms with E-state index in [2.05, 4.69) is 36.4 Å². The highest BCUT2D eigenvalue weighted by Crippen LogP contribution is 2.28. The number of benzene rings is 2. The maximum atomic E-state index is 6.14. The average Bonchev–Trinajstić information content (AvgIpc) is 2.61. The molecule has 0 unspecified atom stereocenters. The fourth-order valence-corrected chi connectivity index (χ4v) is 2.59. The van der Waals surface area contributed by atoms with Crippen LogP contribution in [0.3, 0.4) is 0 Å². The minimum Gasteiger partial charge on any atom is -0.207 e. The molecule has 0 fully saturated rings. The third kappa shape index (κ3) is 3.55. The third-order valence-corrected chi connectivity index (χ3v) is 3.84. The minimum atomic E-state index is 0.674. The second-order valence-electron chi connectivity index (χ2n) is 5.22. The maximum Gasteiger partial charge on any atom is 0.361 e. The molecule has 0 radical (unpaired) electrons. The molecular formula is C20H18ClO+. The van der Waals surface area contributed by atoms with Gasteiger partial charge in [-0.1, -0.05) is 36.4 Å². The standard InChI is InChI=1S/C20H18ClO/c21-13-7-8-16-14-19(17-9-3-1-4-10-17)22-20(15-16)18-11-5-2-6-12-18/h1-6,9-12,14-15H,7-8,13H2/q+1. The Morgan fingerprint density at radius 2 is 1.23 bits per heavy atom. The highest BCUT2D eigenvalue weighted by atomic mass is 35.5. The van der Waals surface area contributed by atoms with Gasteiger partial charge in [0.2, 0.25) is 0 Å². The molecule has 0 saturated carbocycles. The Morgan fingerprint density at radius 1 is 0.727 bits per heavy atom. The van der Waals surface area contributed by atoms with Gasteiger partial charge < -0.3 is 0 Å². The lowest BCUT2D eigenvalue weighted by atomic mass is 10.0. The molecule has 0 atom stereocenters. The van der Waals surface area contributed by atoms with Crippen LogP contribution in [0.5, 0.6) is 0 Å². The van der Waals surface area contributed by atoms with Gasteiger partial charge in [0.05, 0.1) is 11.1 Å². The highest BCUT2D eigenvalue weighted by Gasteiger charge is 2.19. The minimum absolute atomic E-state index is 0.674. The molecule has 1 aromatic heterocycles. The summed E-state index contributed by atoms with van der Waals surface area (Å²) in [4.78, 5) is 0. The summed E-state index contributed by atoms with van der Waals surface area (Å²) in [6.07, 6.45) is 1.92. The van der Waals surface area contributed by atoms with Crippen molar-refractivity contribution in [2.75, 3.05) is 5.88 Å². The van der Waals surface area contributed by atoms with E-state index >= 15 is 0 Å². The van der Waals surface area contributed by atoms with E-state index in [4.69, 9.17) is 16.0 Å². The molecule has 3 aromatic rings. The second-order valence-corrected chi connectivity index (χ2v) is 5.60. The summed E-state index contributed by atoms with van der Waals surface area (Å²) >= 11 is 5.84. The average molecular weight is 310 g/mol. The van der Waals surface area contributed by atoms with Crippen molar-refractivity contribution in [3.63, 3.8) is 0 Å². The van der Waals surface area contributed by atoms with Crippen molar-refractivity contribution in [2.45, 2.75) is 12.8 Å². The van der Waals surface area contributed by atoms with Crippen molar-refractivity contribution in [3.05, 3.63) is 78.4 Å². The van der Waals surface area contributed by atoms with E-state index in [9.17, 15) is 0 Å². The van der Waals surface area contributed by atoms with Crippen molar-refractivity contribution in [2.24, 2.45) is 0 Å². The predicted octanol–water partition coefficient (Wildman–Crippen LogP) is 6.07. The zero-order chi connectivity index (χ0) is 15.2. The summed E-state index contributed by atoms with van der Waals surface area (Å²) in [5.41, 5.74) is 3.43. The van der Waals surface area contributed by atoms with Crippen molar-refractivity contribution in [3.8, 4) is 22.6 Å². The van der Waals surface area contributed by atoms with E-state index in [1.165, 1.54) is 5.56 Å². The summed E-state index contributed by atoms with van der Waals surface area (Å²) in [7, 11) is 0. The van der Waals surface area contributed by atoms with Crippen LogP contribution < -0.4 is 0 Å². The maximum absolute atomic E-state index is 6.14. The summed E-state index contributed by atoms with van der Waals surface area (Å²) in [5.74, 6) is 2.46. The molecule has 22 heavy (non-hydrogen) atoms. The first-order valence-electron chi connectivity index (χ1n) is 7.51. The molecule has 0 bridgehead atoms. The van der Waals surface area contributed by atoms with Gasteiger partial charge in [-0.2, -0.15) is 0 Å². The van der Waals surface area contributed by atoms with Crippen LogP contribution in [-0.2, 0) is 6.42 Å². The molecule has 0 spiro atoms. The first-order chi connectivity index (χ1) is 10.9. The summed E-state index contributed by atoms with van der Waals surface area (Å²) in [5, 5.41) is 0. The molecule has 110 valence electrons. The Labute approximate surface area is 136 Å². The van der Waals surface area contributed by atoms with Crippen LogP contribution in [0.15, 0.2) is 77.2 Å². The van der Waals surface area contributed by atoms with Crippen LogP contribution in [0, 0.1) is 0 Å². The van der Waals surface area contributed by atoms with Crippen molar-refractivity contribution in [1.29, 1.82) is 0 Å². The number of halogens is 1.